The van der Waals surface area contributed by atoms with E-state index in [1.54, 1.807) is 7.11 Å². The summed E-state index contributed by atoms with van der Waals surface area (Å²) in [6, 6.07) is 4.00. The van der Waals surface area contributed by atoms with E-state index < -0.39 is 5.97 Å². The van der Waals surface area contributed by atoms with Gasteiger partial charge in [-0.05, 0) is 41.7 Å². The molecule has 0 unspecified atom stereocenters. The maximum Gasteiger partial charge on any atom is 0.329 e. The van der Waals surface area contributed by atoms with Crippen LogP contribution in [0, 0.1) is 6.92 Å². The molecular formula is C14H20O4. The van der Waals surface area contributed by atoms with Crippen molar-refractivity contribution in [3.05, 3.63) is 28.8 Å². The third-order valence-corrected chi connectivity index (χ3v) is 2.79. The standard InChI is InChI=1S/C14H20O4/c1-9(2)12-6-11(7-18-8-14(15)16)10(3)5-13(12)17-4/h5-6,9H,7-8H2,1-4H3,(H,15,16). The van der Waals surface area contributed by atoms with E-state index in [0.717, 1.165) is 22.4 Å². The van der Waals surface area contributed by atoms with Crippen molar-refractivity contribution >= 4 is 5.97 Å². The number of carboxylic acids is 1. The van der Waals surface area contributed by atoms with Crippen molar-refractivity contribution in [2.75, 3.05) is 13.7 Å². The Bertz CT molecular complexity index is 424. The van der Waals surface area contributed by atoms with Crippen molar-refractivity contribution in [2.45, 2.75) is 33.3 Å². The van der Waals surface area contributed by atoms with Crippen molar-refractivity contribution < 1.29 is 19.4 Å². The predicted octanol–water partition coefficient (Wildman–Crippen LogP) is 2.73. The number of ether oxygens (including phenoxy) is 2. The topological polar surface area (TPSA) is 55.8 Å². The average Bonchev–Trinajstić information content (AvgIpc) is 2.29. The summed E-state index contributed by atoms with van der Waals surface area (Å²) < 4.78 is 10.5. The third kappa shape index (κ3) is 3.74. The lowest BCUT2D eigenvalue weighted by atomic mass is 9.97. The van der Waals surface area contributed by atoms with Crippen LogP contribution < -0.4 is 4.74 Å². The maximum absolute atomic E-state index is 10.4. The van der Waals surface area contributed by atoms with Crippen molar-refractivity contribution in [3.8, 4) is 5.75 Å². The Morgan fingerprint density at radius 3 is 2.56 bits per heavy atom. The molecule has 0 aliphatic carbocycles. The Morgan fingerprint density at radius 2 is 2.06 bits per heavy atom. The number of hydrogen-bond donors (Lipinski definition) is 1. The second kappa shape index (κ2) is 6.40. The number of aryl methyl sites for hydroxylation is 1. The molecule has 0 spiro atoms. The molecular weight excluding hydrogens is 232 g/mol. The molecule has 0 bridgehead atoms. The summed E-state index contributed by atoms with van der Waals surface area (Å²) in [6.07, 6.45) is 0. The van der Waals surface area contributed by atoms with Crippen LogP contribution in [0.3, 0.4) is 0 Å². The number of carboxylic acid groups (broad SMARTS) is 1. The highest BCUT2D eigenvalue weighted by Crippen LogP contribution is 2.29. The Morgan fingerprint density at radius 1 is 1.39 bits per heavy atom. The van der Waals surface area contributed by atoms with Gasteiger partial charge in [-0.2, -0.15) is 0 Å². The molecule has 18 heavy (non-hydrogen) atoms. The molecule has 1 aromatic rings. The first-order valence-electron chi connectivity index (χ1n) is 5.92. The molecule has 0 heterocycles. The lowest BCUT2D eigenvalue weighted by Gasteiger charge is -2.16. The SMILES string of the molecule is COc1cc(C)c(COCC(=O)O)cc1C(C)C. The van der Waals surface area contributed by atoms with E-state index in [9.17, 15) is 4.79 Å². The van der Waals surface area contributed by atoms with Crippen molar-refractivity contribution in [2.24, 2.45) is 0 Å². The molecule has 0 amide bonds. The lowest BCUT2D eigenvalue weighted by Crippen LogP contribution is -2.08. The zero-order valence-corrected chi connectivity index (χ0v) is 11.3. The van der Waals surface area contributed by atoms with Gasteiger partial charge in [-0.1, -0.05) is 13.8 Å². The van der Waals surface area contributed by atoms with Gasteiger partial charge >= 0.3 is 5.97 Å². The molecule has 0 atom stereocenters. The molecule has 0 aromatic heterocycles. The van der Waals surface area contributed by atoms with Crippen molar-refractivity contribution in [1.29, 1.82) is 0 Å². The van der Waals surface area contributed by atoms with Gasteiger partial charge in [-0.25, -0.2) is 4.79 Å². The van der Waals surface area contributed by atoms with Gasteiger partial charge in [0, 0.05) is 0 Å². The predicted molar refractivity (Wildman–Crippen MR) is 69.1 cm³/mol. The number of methoxy groups -OCH3 is 1. The first-order valence-corrected chi connectivity index (χ1v) is 5.92. The fraction of sp³-hybridized carbons (Fsp3) is 0.500. The minimum Gasteiger partial charge on any atom is -0.496 e. The number of carbonyl (C=O) groups is 1. The molecule has 100 valence electrons. The summed E-state index contributed by atoms with van der Waals surface area (Å²) in [7, 11) is 1.65. The molecule has 4 nitrogen and oxygen atoms in total. The molecule has 1 rings (SSSR count). The highest BCUT2D eigenvalue weighted by atomic mass is 16.5. The number of benzene rings is 1. The fourth-order valence-corrected chi connectivity index (χ4v) is 1.78. The van der Waals surface area contributed by atoms with E-state index in [2.05, 4.69) is 13.8 Å². The quantitative estimate of drug-likeness (QED) is 0.845. The van der Waals surface area contributed by atoms with E-state index in [0.29, 0.717) is 12.5 Å². The van der Waals surface area contributed by atoms with Gasteiger partial charge in [0.25, 0.3) is 0 Å². The summed E-state index contributed by atoms with van der Waals surface area (Å²) >= 11 is 0. The third-order valence-electron chi connectivity index (χ3n) is 2.79. The normalized spacial score (nSPS) is 10.7. The monoisotopic (exact) mass is 252 g/mol. The largest absolute Gasteiger partial charge is 0.496 e. The Balaban J connectivity index is 2.91. The summed E-state index contributed by atoms with van der Waals surface area (Å²) in [6.45, 7) is 6.18. The van der Waals surface area contributed by atoms with E-state index in [4.69, 9.17) is 14.6 Å². The number of rotatable bonds is 6. The Kier molecular flexibility index (Phi) is 5.16. The molecule has 0 saturated carbocycles. The molecule has 4 heteroatoms. The molecule has 0 fully saturated rings. The second-order valence-electron chi connectivity index (χ2n) is 4.56. The minimum absolute atomic E-state index is 0.275. The summed E-state index contributed by atoms with van der Waals surface area (Å²) in [5.41, 5.74) is 3.15. The van der Waals surface area contributed by atoms with Gasteiger partial charge in [-0.3, -0.25) is 0 Å². The fourth-order valence-electron chi connectivity index (χ4n) is 1.78. The van der Waals surface area contributed by atoms with Crippen molar-refractivity contribution in [1.82, 2.24) is 0 Å². The molecule has 1 aromatic carbocycles. The first-order chi connectivity index (χ1) is 8.45. The van der Waals surface area contributed by atoms with E-state index in [1.807, 2.05) is 19.1 Å². The van der Waals surface area contributed by atoms with Gasteiger partial charge in [0.15, 0.2) is 0 Å². The smallest absolute Gasteiger partial charge is 0.329 e. The van der Waals surface area contributed by atoms with E-state index >= 15 is 0 Å². The lowest BCUT2D eigenvalue weighted by molar-refractivity contribution is -0.142. The van der Waals surface area contributed by atoms with Gasteiger partial charge in [0.2, 0.25) is 0 Å². The first kappa shape index (κ1) is 14.5. The molecule has 0 aliphatic rings. The molecule has 0 radical (unpaired) electrons. The highest BCUT2D eigenvalue weighted by Gasteiger charge is 2.11. The van der Waals surface area contributed by atoms with Gasteiger partial charge in [0.05, 0.1) is 13.7 Å². The van der Waals surface area contributed by atoms with Crippen LogP contribution in [-0.2, 0) is 16.1 Å². The van der Waals surface area contributed by atoms with Gasteiger partial charge in [-0.15, -0.1) is 0 Å². The van der Waals surface area contributed by atoms with Crippen LogP contribution in [0.1, 0.15) is 36.5 Å². The molecule has 0 aliphatic heterocycles. The molecule has 1 N–H and O–H groups in total. The second-order valence-corrected chi connectivity index (χ2v) is 4.56. The van der Waals surface area contributed by atoms with Crippen molar-refractivity contribution in [3.63, 3.8) is 0 Å². The van der Waals surface area contributed by atoms with Crippen LogP contribution in [0.2, 0.25) is 0 Å². The van der Waals surface area contributed by atoms with Crippen LogP contribution >= 0.6 is 0 Å². The van der Waals surface area contributed by atoms with Crippen LogP contribution in [0.4, 0.5) is 0 Å². The van der Waals surface area contributed by atoms with Crippen LogP contribution in [0.15, 0.2) is 12.1 Å². The van der Waals surface area contributed by atoms with E-state index in [1.165, 1.54) is 0 Å². The highest BCUT2D eigenvalue weighted by molar-refractivity contribution is 5.68. The van der Waals surface area contributed by atoms with E-state index in [-0.39, 0.29) is 6.61 Å². The average molecular weight is 252 g/mol. The minimum atomic E-state index is -0.953. The molecule has 0 saturated heterocycles. The van der Waals surface area contributed by atoms with Crippen LogP contribution in [0.5, 0.6) is 5.75 Å². The zero-order valence-electron chi connectivity index (χ0n) is 11.3. The number of hydrogen-bond acceptors (Lipinski definition) is 3. The van der Waals surface area contributed by atoms with Gasteiger partial charge in [0.1, 0.15) is 12.4 Å². The van der Waals surface area contributed by atoms with Crippen LogP contribution in [0.25, 0.3) is 0 Å². The summed E-state index contributed by atoms with van der Waals surface area (Å²) in [4.78, 5) is 10.4. The Labute approximate surface area is 108 Å². The number of aliphatic carboxylic acids is 1. The zero-order chi connectivity index (χ0) is 13.7. The van der Waals surface area contributed by atoms with Gasteiger partial charge < -0.3 is 14.6 Å². The van der Waals surface area contributed by atoms with Crippen LogP contribution in [-0.4, -0.2) is 24.8 Å². The summed E-state index contributed by atoms with van der Waals surface area (Å²) in [5, 5.41) is 8.54. The Hall–Kier alpha value is -1.55. The maximum atomic E-state index is 10.4. The summed E-state index contributed by atoms with van der Waals surface area (Å²) in [5.74, 6) is 0.258.